The molecular formula is C19H23N3O6S. The number of amides is 1. The highest BCUT2D eigenvalue weighted by Crippen LogP contribution is 2.20. The van der Waals surface area contributed by atoms with Crippen LogP contribution >= 0.6 is 0 Å². The van der Waals surface area contributed by atoms with Gasteiger partial charge in [-0.25, -0.2) is 8.42 Å². The van der Waals surface area contributed by atoms with Gasteiger partial charge < -0.3 is 19.8 Å². The van der Waals surface area contributed by atoms with Gasteiger partial charge in [-0.1, -0.05) is 0 Å². The van der Waals surface area contributed by atoms with E-state index in [0.29, 0.717) is 31.9 Å². The average molecular weight is 421 g/mol. The third-order valence-corrected chi connectivity index (χ3v) is 7.11. The molecule has 3 heterocycles. The highest BCUT2D eigenvalue weighted by atomic mass is 32.2. The molecule has 10 heteroatoms. The molecule has 2 aliphatic rings. The van der Waals surface area contributed by atoms with Crippen molar-refractivity contribution < 1.29 is 22.7 Å². The topological polar surface area (TPSA) is 118 Å². The Morgan fingerprint density at radius 3 is 2.76 bits per heavy atom. The molecule has 2 N–H and O–H groups in total. The molecule has 1 aromatic heterocycles. The number of nitrogens with zero attached hydrogens (tertiary/aromatic N) is 1. The van der Waals surface area contributed by atoms with Crippen molar-refractivity contribution in [2.24, 2.45) is 0 Å². The number of pyridine rings is 1. The zero-order chi connectivity index (χ0) is 20.4. The van der Waals surface area contributed by atoms with Crippen LogP contribution in [0.5, 0.6) is 0 Å². The number of H-pyrrole nitrogens is 1. The summed E-state index contributed by atoms with van der Waals surface area (Å²) in [7, 11) is -3.74. The minimum Gasteiger partial charge on any atom is -0.379 e. The summed E-state index contributed by atoms with van der Waals surface area (Å²) in [4.78, 5) is 28.3. The Morgan fingerprint density at radius 2 is 2.03 bits per heavy atom. The largest absolute Gasteiger partial charge is 0.379 e. The van der Waals surface area contributed by atoms with Crippen molar-refractivity contribution in [3.63, 3.8) is 0 Å². The van der Waals surface area contributed by atoms with Crippen LogP contribution in [-0.4, -0.2) is 69.2 Å². The molecule has 0 saturated carbocycles. The normalized spacial score (nSPS) is 20.8. The van der Waals surface area contributed by atoms with E-state index in [1.54, 1.807) is 0 Å². The van der Waals surface area contributed by atoms with Crippen molar-refractivity contribution in [3.8, 4) is 0 Å². The van der Waals surface area contributed by atoms with Crippen molar-refractivity contribution in [2.75, 3.05) is 39.5 Å². The fourth-order valence-corrected chi connectivity index (χ4v) is 5.00. The molecule has 2 aliphatic heterocycles. The molecule has 0 bridgehead atoms. The lowest BCUT2D eigenvalue weighted by molar-refractivity contribution is 0.0730. The van der Waals surface area contributed by atoms with Crippen molar-refractivity contribution >= 4 is 26.8 Å². The maximum atomic E-state index is 12.9. The molecule has 1 amide bonds. The van der Waals surface area contributed by atoms with E-state index in [9.17, 15) is 18.0 Å². The lowest BCUT2D eigenvalue weighted by Gasteiger charge is -2.26. The number of carbonyl (C=O) groups excluding carboxylic acids is 1. The molecular weight excluding hydrogens is 398 g/mol. The molecule has 29 heavy (non-hydrogen) atoms. The van der Waals surface area contributed by atoms with Crippen LogP contribution in [0.25, 0.3) is 10.9 Å². The smallest absolute Gasteiger partial charge is 0.256 e. The van der Waals surface area contributed by atoms with E-state index >= 15 is 0 Å². The van der Waals surface area contributed by atoms with Gasteiger partial charge in [0.25, 0.3) is 5.91 Å². The van der Waals surface area contributed by atoms with Gasteiger partial charge in [0.1, 0.15) is 5.56 Å². The van der Waals surface area contributed by atoms with Crippen molar-refractivity contribution in [1.82, 2.24) is 14.6 Å². The molecule has 4 rings (SSSR count). The van der Waals surface area contributed by atoms with E-state index in [-0.39, 0.29) is 35.0 Å². The number of ether oxygens (including phenoxy) is 2. The summed E-state index contributed by atoms with van der Waals surface area (Å²) >= 11 is 0. The van der Waals surface area contributed by atoms with Crippen molar-refractivity contribution in [1.29, 1.82) is 0 Å². The number of hydrogen-bond donors (Lipinski definition) is 2. The molecule has 0 radical (unpaired) electrons. The highest BCUT2D eigenvalue weighted by molar-refractivity contribution is 7.89. The van der Waals surface area contributed by atoms with E-state index in [1.165, 1.54) is 28.7 Å². The number of carbonyl (C=O) groups is 1. The number of benzene rings is 1. The second-order valence-corrected chi connectivity index (χ2v) is 9.04. The predicted octanol–water partition coefficient (Wildman–Crippen LogP) is 0.458. The van der Waals surface area contributed by atoms with E-state index in [0.717, 1.165) is 12.8 Å². The van der Waals surface area contributed by atoms with Gasteiger partial charge in [-0.05, 0) is 31.0 Å². The van der Waals surface area contributed by atoms with Crippen LogP contribution in [-0.2, 0) is 19.5 Å². The maximum Gasteiger partial charge on any atom is 0.256 e. The molecule has 2 saturated heterocycles. The first-order chi connectivity index (χ1) is 14.0. The average Bonchev–Trinajstić information content (AvgIpc) is 3.26. The van der Waals surface area contributed by atoms with Crippen LogP contribution in [0.15, 0.2) is 34.1 Å². The van der Waals surface area contributed by atoms with Crippen LogP contribution in [0.2, 0.25) is 0 Å². The molecule has 156 valence electrons. The lowest BCUT2D eigenvalue weighted by atomic mass is 10.1. The van der Waals surface area contributed by atoms with Crippen molar-refractivity contribution in [2.45, 2.75) is 23.8 Å². The Morgan fingerprint density at radius 1 is 1.24 bits per heavy atom. The first-order valence-corrected chi connectivity index (χ1v) is 11.0. The summed E-state index contributed by atoms with van der Waals surface area (Å²) in [5.74, 6) is -0.509. The van der Waals surface area contributed by atoms with E-state index < -0.39 is 21.4 Å². The van der Waals surface area contributed by atoms with Gasteiger partial charge in [-0.15, -0.1) is 0 Å². The van der Waals surface area contributed by atoms with Crippen LogP contribution in [0.4, 0.5) is 0 Å². The molecule has 1 atom stereocenters. The lowest BCUT2D eigenvalue weighted by Crippen LogP contribution is -2.40. The van der Waals surface area contributed by atoms with E-state index in [1.807, 2.05) is 0 Å². The Labute approximate surface area is 168 Å². The first kappa shape index (κ1) is 20.0. The number of aromatic amines is 1. The Kier molecular flexibility index (Phi) is 5.68. The van der Waals surface area contributed by atoms with Gasteiger partial charge in [0.2, 0.25) is 15.5 Å². The third kappa shape index (κ3) is 4.06. The van der Waals surface area contributed by atoms with Gasteiger partial charge in [-0.2, -0.15) is 4.31 Å². The van der Waals surface area contributed by atoms with Crippen LogP contribution in [0.1, 0.15) is 23.2 Å². The summed E-state index contributed by atoms with van der Waals surface area (Å²) in [5.41, 5.74) is -0.106. The molecule has 2 fully saturated rings. The number of hydrogen-bond acceptors (Lipinski definition) is 6. The summed E-state index contributed by atoms with van der Waals surface area (Å²) < 4.78 is 37.8. The Balaban J connectivity index is 1.62. The van der Waals surface area contributed by atoms with Gasteiger partial charge in [-0.3, -0.25) is 9.59 Å². The molecule has 1 aromatic carbocycles. The minimum absolute atomic E-state index is 0.0225. The fourth-order valence-electron chi connectivity index (χ4n) is 3.57. The fraction of sp³-hybridized carbons (Fsp3) is 0.474. The van der Waals surface area contributed by atoms with Crippen molar-refractivity contribution in [3.05, 3.63) is 40.2 Å². The molecule has 0 spiro atoms. The number of rotatable bonds is 5. The quantitative estimate of drug-likeness (QED) is 0.724. The second-order valence-electron chi connectivity index (χ2n) is 7.10. The molecule has 0 aliphatic carbocycles. The third-order valence-electron chi connectivity index (χ3n) is 5.22. The Hall–Kier alpha value is -2.27. The first-order valence-electron chi connectivity index (χ1n) is 9.60. The number of aromatic nitrogens is 1. The van der Waals surface area contributed by atoms with Crippen LogP contribution in [0, 0.1) is 0 Å². The number of sulfonamides is 1. The summed E-state index contributed by atoms with van der Waals surface area (Å²) in [6.45, 7) is 2.22. The summed E-state index contributed by atoms with van der Waals surface area (Å²) in [6.07, 6.45) is 3.14. The summed E-state index contributed by atoms with van der Waals surface area (Å²) in [6, 6.07) is 4.33. The zero-order valence-corrected chi connectivity index (χ0v) is 16.7. The predicted molar refractivity (Wildman–Crippen MR) is 105 cm³/mol. The molecule has 0 unspecified atom stereocenters. The minimum atomic E-state index is -3.74. The van der Waals surface area contributed by atoms with Crippen LogP contribution < -0.4 is 10.7 Å². The molecule has 9 nitrogen and oxygen atoms in total. The van der Waals surface area contributed by atoms with Gasteiger partial charge in [0, 0.05) is 43.3 Å². The summed E-state index contributed by atoms with van der Waals surface area (Å²) in [5, 5.41) is 2.88. The highest BCUT2D eigenvalue weighted by Gasteiger charge is 2.27. The molecule has 2 aromatic rings. The SMILES string of the molecule is O=C(NC[C@H]1CCCO1)c1c[nH]c2ccc(S(=O)(=O)N3CCOCC3)cc2c1=O. The van der Waals surface area contributed by atoms with Gasteiger partial charge in [0.15, 0.2) is 0 Å². The maximum absolute atomic E-state index is 12.9. The number of fused-ring (bicyclic) bond motifs is 1. The number of morpholine rings is 1. The zero-order valence-electron chi connectivity index (χ0n) is 15.8. The van der Waals surface area contributed by atoms with Crippen LogP contribution in [0.3, 0.4) is 0 Å². The van der Waals surface area contributed by atoms with Gasteiger partial charge in [0.05, 0.1) is 24.2 Å². The second kappa shape index (κ2) is 8.23. The Bertz CT molecular complexity index is 1070. The number of nitrogens with one attached hydrogen (secondary N) is 2. The van der Waals surface area contributed by atoms with E-state index in [2.05, 4.69) is 10.3 Å². The monoisotopic (exact) mass is 421 g/mol. The van der Waals surface area contributed by atoms with Gasteiger partial charge >= 0.3 is 0 Å². The van der Waals surface area contributed by atoms with E-state index in [4.69, 9.17) is 9.47 Å². The standard InChI is InChI=1S/C19H23N3O6S/c23-18-15-10-14(29(25,26)22-5-8-27-9-6-22)3-4-17(15)20-12-16(18)19(24)21-11-13-2-1-7-28-13/h3-4,10,12-13H,1-2,5-9,11H2,(H,20,23)(H,21,24)/t13-/m1/s1.